The molecule has 4 nitrogen and oxygen atoms in total. The van der Waals surface area contributed by atoms with Crippen molar-refractivity contribution in [3.8, 4) is 0 Å². The second-order valence-electron chi connectivity index (χ2n) is 5.78. The predicted octanol–water partition coefficient (Wildman–Crippen LogP) is 2.79. The van der Waals surface area contributed by atoms with Crippen molar-refractivity contribution in [2.24, 2.45) is 0 Å². The number of rotatable bonds is 6. The van der Waals surface area contributed by atoms with Gasteiger partial charge in [0, 0.05) is 23.5 Å². The number of amides is 1. The molecule has 0 saturated heterocycles. The molecule has 0 bridgehead atoms. The fraction of sp³-hybridized carbons (Fsp3) is 0.562. The Labute approximate surface area is 122 Å². The lowest BCUT2D eigenvalue weighted by molar-refractivity contribution is -0.123. The molecule has 20 heavy (non-hydrogen) atoms. The Morgan fingerprint density at radius 1 is 1.40 bits per heavy atom. The molecule has 0 aliphatic carbocycles. The highest BCUT2D eigenvalue weighted by atomic mass is 16.2. The Hall–Kier alpha value is -1.71. The van der Waals surface area contributed by atoms with Crippen molar-refractivity contribution in [3.05, 3.63) is 24.3 Å². The van der Waals surface area contributed by atoms with Gasteiger partial charge in [0.2, 0.25) is 5.91 Å². The van der Waals surface area contributed by atoms with E-state index in [0.29, 0.717) is 5.69 Å². The minimum absolute atomic E-state index is 0.0427. The molecule has 0 fully saturated rings. The Morgan fingerprint density at radius 3 is 2.55 bits per heavy atom. The van der Waals surface area contributed by atoms with E-state index in [0.717, 1.165) is 18.7 Å². The van der Waals surface area contributed by atoms with E-state index < -0.39 is 0 Å². The maximum Gasteiger partial charge on any atom is 0.242 e. The van der Waals surface area contributed by atoms with Gasteiger partial charge in [-0.05, 0) is 52.3 Å². The van der Waals surface area contributed by atoms with Crippen LogP contribution >= 0.6 is 0 Å². The number of benzene rings is 1. The van der Waals surface area contributed by atoms with E-state index >= 15 is 0 Å². The highest BCUT2D eigenvalue weighted by Gasteiger charge is 2.25. The van der Waals surface area contributed by atoms with Crippen LogP contribution in [0.4, 0.5) is 11.4 Å². The summed E-state index contributed by atoms with van der Waals surface area (Å²) in [6.07, 6.45) is 0.899. The van der Waals surface area contributed by atoms with Crippen LogP contribution in [0.1, 0.15) is 41.0 Å². The summed E-state index contributed by atoms with van der Waals surface area (Å²) in [5.41, 5.74) is 7.33. The summed E-state index contributed by atoms with van der Waals surface area (Å²) in [6.45, 7) is 10.9. The van der Waals surface area contributed by atoms with Gasteiger partial charge >= 0.3 is 0 Å². The fourth-order valence-electron chi connectivity index (χ4n) is 2.05. The van der Waals surface area contributed by atoms with Crippen LogP contribution < -0.4 is 16.0 Å². The van der Waals surface area contributed by atoms with E-state index in [2.05, 4.69) is 17.1 Å². The van der Waals surface area contributed by atoms with Crippen LogP contribution in [0.2, 0.25) is 0 Å². The first-order valence-electron chi connectivity index (χ1n) is 7.25. The van der Waals surface area contributed by atoms with Crippen LogP contribution in [0, 0.1) is 0 Å². The van der Waals surface area contributed by atoms with Gasteiger partial charge in [0.25, 0.3) is 0 Å². The molecule has 0 saturated carbocycles. The molecule has 0 aromatic heterocycles. The number of likely N-dealkylation sites (N-methyl/N-ethyl adjacent to an activating group) is 1. The Bertz CT molecular complexity index is 457. The third kappa shape index (κ3) is 4.15. The molecule has 4 heteroatoms. The van der Waals surface area contributed by atoms with Crippen molar-refractivity contribution in [2.45, 2.75) is 52.6 Å². The smallest absolute Gasteiger partial charge is 0.242 e. The molecular formula is C16H27N3O. The average Bonchev–Trinajstić information content (AvgIpc) is 2.39. The van der Waals surface area contributed by atoms with Gasteiger partial charge in [-0.15, -0.1) is 0 Å². The second kappa shape index (κ2) is 6.64. The maximum absolute atomic E-state index is 12.4. The fourth-order valence-corrected chi connectivity index (χ4v) is 2.05. The van der Waals surface area contributed by atoms with Gasteiger partial charge < -0.3 is 16.0 Å². The zero-order chi connectivity index (χ0) is 15.3. The van der Waals surface area contributed by atoms with Crippen molar-refractivity contribution >= 4 is 17.3 Å². The predicted molar refractivity (Wildman–Crippen MR) is 85.8 cm³/mol. The lowest BCUT2D eigenvalue weighted by Crippen LogP contribution is -2.52. The molecule has 3 N–H and O–H groups in total. The highest BCUT2D eigenvalue weighted by molar-refractivity contribution is 5.85. The van der Waals surface area contributed by atoms with Gasteiger partial charge in [-0.25, -0.2) is 0 Å². The van der Waals surface area contributed by atoms with Crippen LogP contribution in [0.3, 0.4) is 0 Å². The van der Waals surface area contributed by atoms with E-state index in [9.17, 15) is 4.79 Å². The number of nitrogens with two attached hydrogens (primary N) is 1. The van der Waals surface area contributed by atoms with Crippen LogP contribution in [0.25, 0.3) is 0 Å². The van der Waals surface area contributed by atoms with Gasteiger partial charge in [-0.1, -0.05) is 13.0 Å². The topological polar surface area (TPSA) is 58.4 Å². The molecule has 1 amide bonds. The third-order valence-corrected chi connectivity index (χ3v) is 3.73. The van der Waals surface area contributed by atoms with Gasteiger partial charge in [0.1, 0.15) is 6.04 Å². The maximum atomic E-state index is 12.4. The highest BCUT2D eigenvalue weighted by Crippen LogP contribution is 2.20. The summed E-state index contributed by atoms with van der Waals surface area (Å²) >= 11 is 0. The van der Waals surface area contributed by atoms with Gasteiger partial charge in [-0.2, -0.15) is 0 Å². The molecule has 1 atom stereocenters. The molecule has 0 heterocycles. The van der Waals surface area contributed by atoms with Crippen LogP contribution in [0.5, 0.6) is 0 Å². The van der Waals surface area contributed by atoms with E-state index in [1.54, 1.807) is 0 Å². The lowest BCUT2D eigenvalue weighted by Gasteiger charge is -2.33. The first kappa shape index (κ1) is 16.3. The Kier molecular flexibility index (Phi) is 5.43. The summed E-state index contributed by atoms with van der Waals surface area (Å²) in [5.74, 6) is 0.0427. The standard InChI is InChI=1S/C16H27N3O/c1-6-16(4,5)18-15(20)12(3)19(7-2)14-10-8-9-13(17)11-14/h8-12H,6-7,17H2,1-5H3,(H,18,20). The lowest BCUT2D eigenvalue weighted by atomic mass is 10.0. The van der Waals surface area contributed by atoms with Crippen LogP contribution in [-0.4, -0.2) is 24.0 Å². The summed E-state index contributed by atoms with van der Waals surface area (Å²) < 4.78 is 0. The molecule has 1 aromatic rings. The number of hydrogen-bond donors (Lipinski definition) is 2. The van der Waals surface area contributed by atoms with Gasteiger partial charge in [-0.3, -0.25) is 4.79 Å². The number of hydrogen-bond acceptors (Lipinski definition) is 3. The monoisotopic (exact) mass is 277 g/mol. The first-order valence-corrected chi connectivity index (χ1v) is 7.25. The minimum Gasteiger partial charge on any atom is -0.399 e. The molecule has 112 valence electrons. The Balaban J connectivity index is 2.87. The van der Waals surface area contributed by atoms with E-state index in [1.807, 2.05) is 52.0 Å². The number of anilines is 2. The summed E-state index contributed by atoms with van der Waals surface area (Å²) in [5, 5.41) is 3.09. The number of carbonyl (C=O) groups excluding carboxylic acids is 1. The quantitative estimate of drug-likeness (QED) is 0.786. The van der Waals surface area contributed by atoms with E-state index in [-0.39, 0.29) is 17.5 Å². The van der Waals surface area contributed by atoms with Crippen LogP contribution in [-0.2, 0) is 4.79 Å². The SMILES string of the molecule is CCN(c1cccc(N)c1)C(C)C(=O)NC(C)(C)CC. The first-order chi connectivity index (χ1) is 9.30. The van der Waals surface area contributed by atoms with Gasteiger partial charge in [0.05, 0.1) is 0 Å². The summed E-state index contributed by atoms with van der Waals surface area (Å²) in [4.78, 5) is 14.4. The number of nitrogens with zero attached hydrogens (tertiary/aromatic N) is 1. The summed E-state index contributed by atoms with van der Waals surface area (Å²) in [6, 6.07) is 7.41. The number of nitrogens with one attached hydrogen (secondary N) is 1. The average molecular weight is 277 g/mol. The van der Waals surface area contributed by atoms with Crippen molar-refractivity contribution in [1.29, 1.82) is 0 Å². The van der Waals surface area contributed by atoms with Crippen molar-refractivity contribution in [3.63, 3.8) is 0 Å². The normalized spacial score (nSPS) is 12.8. The molecule has 1 rings (SSSR count). The molecule has 0 aliphatic rings. The summed E-state index contributed by atoms with van der Waals surface area (Å²) in [7, 11) is 0. The third-order valence-electron chi connectivity index (χ3n) is 3.73. The molecule has 0 radical (unpaired) electrons. The molecular weight excluding hydrogens is 250 g/mol. The number of carbonyl (C=O) groups is 1. The van der Waals surface area contributed by atoms with Crippen molar-refractivity contribution < 1.29 is 4.79 Å². The Morgan fingerprint density at radius 2 is 2.05 bits per heavy atom. The number of nitrogen functional groups attached to an aromatic ring is 1. The zero-order valence-corrected chi connectivity index (χ0v) is 13.2. The van der Waals surface area contributed by atoms with Crippen LogP contribution in [0.15, 0.2) is 24.3 Å². The molecule has 1 unspecified atom stereocenters. The van der Waals surface area contributed by atoms with E-state index in [1.165, 1.54) is 0 Å². The molecule has 0 spiro atoms. The second-order valence-corrected chi connectivity index (χ2v) is 5.78. The van der Waals surface area contributed by atoms with E-state index in [4.69, 9.17) is 5.73 Å². The largest absolute Gasteiger partial charge is 0.399 e. The molecule has 0 aliphatic heterocycles. The van der Waals surface area contributed by atoms with Crippen molar-refractivity contribution in [2.75, 3.05) is 17.2 Å². The molecule has 1 aromatic carbocycles. The zero-order valence-electron chi connectivity index (χ0n) is 13.2. The van der Waals surface area contributed by atoms with Crippen molar-refractivity contribution in [1.82, 2.24) is 5.32 Å². The minimum atomic E-state index is -0.229. The van der Waals surface area contributed by atoms with Gasteiger partial charge in [0.15, 0.2) is 0 Å².